The summed E-state index contributed by atoms with van der Waals surface area (Å²) in [6.45, 7) is 11.5. The largest absolute Gasteiger partial charge is 0.467 e. The molecule has 0 aliphatic heterocycles. The fraction of sp³-hybridized carbons (Fsp3) is 0.357. The molecule has 1 atom stereocenters. The van der Waals surface area contributed by atoms with E-state index in [1.54, 1.807) is 0 Å². The van der Waals surface area contributed by atoms with Crippen molar-refractivity contribution in [2.75, 3.05) is 13.6 Å². The smallest absolute Gasteiger partial charge is 0.186 e. The number of hydrogen-bond acceptors (Lipinski definition) is 4. The Hall–Kier alpha value is -2.82. The zero-order chi connectivity index (χ0) is 23.0. The average molecular weight is 439 g/mol. The van der Waals surface area contributed by atoms with Crippen molar-refractivity contribution in [2.45, 2.75) is 54.4 Å². The van der Waals surface area contributed by atoms with E-state index in [9.17, 15) is 5.11 Å². The van der Waals surface area contributed by atoms with Gasteiger partial charge in [0.15, 0.2) is 13.6 Å². The van der Waals surface area contributed by atoms with Crippen LogP contribution in [0.5, 0.6) is 11.5 Å². The zero-order valence-corrected chi connectivity index (χ0v) is 19.4. The second-order valence-electron chi connectivity index (χ2n) is 7.46. The van der Waals surface area contributed by atoms with Crippen molar-refractivity contribution in [3.63, 3.8) is 0 Å². The van der Waals surface area contributed by atoms with Gasteiger partial charge in [-0.3, -0.25) is 0 Å². The quantitative estimate of drug-likeness (QED) is 0.336. The van der Waals surface area contributed by atoms with Crippen LogP contribution in [0, 0.1) is 20.8 Å². The number of aliphatic hydroxyl groups excluding tert-OH is 2. The third kappa shape index (κ3) is 5.50. The van der Waals surface area contributed by atoms with Crippen molar-refractivity contribution in [1.82, 2.24) is 0 Å². The van der Waals surface area contributed by atoms with Crippen molar-refractivity contribution < 1.29 is 19.7 Å². The molecule has 0 aromatic heterocycles. The van der Waals surface area contributed by atoms with Gasteiger partial charge >= 0.3 is 0 Å². The maximum absolute atomic E-state index is 9.20. The molecule has 4 heteroatoms. The lowest BCUT2D eigenvalue weighted by molar-refractivity contribution is 0.0970. The van der Waals surface area contributed by atoms with Gasteiger partial charge in [-0.05, 0) is 67.1 Å². The summed E-state index contributed by atoms with van der Waals surface area (Å²) in [6, 6.07) is 20.7. The molecule has 32 heavy (non-hydrogen) atoms. The maximum atomic E-state index is 9.20. The Morgan fingerprint density at radius 1 is 0.688 bits per heavy atom. The molecule has 0 aliphatic rings. The number of aliphatic hydroxyl groups is 2. The van der Waals surface area contributed by atoms with Crippen molar-refractivity contribution in [3.8, 4) is 11.5 Å². The van der Waals surface area contributed by atoms with Crippen molar-refractivity contribution in [2.24, 2.45) is 0 Å². The molecule has 0 amide bonds. The molecule has 0 spiro atoms. The fourth-order valence-corrected chi connectivity index (χ4v) is 3.99. The minimum Gasteiger partial charge on any atom is -0.467 e. The SMILES string of the molecule is C.CC.Cc1cc(C(C)(c2ccccc2)c2cc(C)c(OCO)c(C)c2)ccc1OCO. The van der Waals surface area contributed by atoms with Crippen LogP contribution in [0.15, 0.2) is 60.7 Å². The van der Waals surface area contributed by atoms with Crippen LogP contribution in [0.25, 0.3) is 0 Å². The van der Waals surface area contributed by atoms with Crippen LogP contribution in [0.1, 0.15) is 61.6 Å². The van der Waals surface area contributed by atoms with Gasteiger partial charge in [0, 0.05) is 5.41 Å². The Morgan fingerprint density at radius 2 is 1.22 bits per heavy atom. The van der Waals surface area contributed by atoms with E-state index in [1.807, 2.05) is 65.0 Å². The second kappa shape index (κ2) is 12.3. The summed E-state index contributed by atoms with van der Waals surface area (Å²) in [6.07, 6.45) is 0. The molecule has 4 nitrogen and oxygen atoms in total. The number of benzene rings is 3. The Morgan fingerprint density at radius 3 is 1.72 bits per heavy atom. The van der Waals surface area contributed by atoms with Gasteiger partial charge in [0.1, 0.15) is 11.5 Å². The minimum atomic E-state index is -0.406. The summed E-state index contributed by atoms with van der Waals surface area (Å²) < 4.78 is 10.7. The summed E-state index contributed by atoms with van der Waals surface area (Å²) in [5, 5.41) is 18.3. The molecular formula is C28H38O4. The van der Waals surface area contributed by atoms with E-state index in [0.29, 0.717) is 5.75 Å². The zero-order valence-electron chi connectivity index (χ0n) is 19.4. The predicted octanol–water partition coefficient (Wildman–Crippen LogP) is 6.29. The molecule has 0 fully saturated rings. The number of ether oxygens (including phenoxy) is 2. The molecule has 2 N–H and O–H groups in total. The van der Waals surface area contributed by atoms with Crippen molar-refractivity contribution in [3.05, 3.63) is 94.0 Å². The highest BCUT2D eigenvalue weighted by Crippen LogP contribution is 2.42. The minimum absolute atomic E-state index is 0. The average Bonchev–Trinajstić information content (AvgIpc) is 2.79. The Bertz CT molecular complexity index is 959. The van der Waals surface area contributed by atoms with E-state index in [1.165, 1.54) is 5.56 Å². The van der Waals surface area contributed by atoms with Gasteiger partial charge in [0.25, 0.3) is 0 Å². The van der Waals surface area contributed by atoms with Gasteiger partial charge in [-0.15, -0.1) is 0 Å². The summed E-state index contributed by atoms with van der Waals surface area (Å²) in [5.41, 5.74) is 5.95. The molecule has 0 saturated heterocycles. The van der Waals surface area contributed by atoms with Crippen LogP contribution in [0.3, 0.4) is 0 Å². The summed E-state index contributed by atoms with van der Waals surface area (Å²) in [4.78, 5) is 0. The first-order chi connectivity index (χ1) is 14.9. The van der Waals surface area contributed by atoms with Crippen LogP contribution >= 0.6 is 0 Å². The van der Waals surface area contributed by atoms with Crippen molar-refractivity contribution in [1.29, 1.82) is 0 Å². The van der Waals surface area contributed by atoms with E-state index < -0.39 is 5.41 Å². The third-order valence-corrected chi connectivity index (χ3v) is 5.57. The highest BCUT2D eigenvalue weighted by atomic mass is 16.6. The second-order valence-corrected chi connectivity index (χ2v) is 7.46. The third-order valence-electron chi connectivity index (χ3n) is 5.57. The molecule has 174 valence electrons. The number of hydrogen-bond donors (Lipinski definition) is 2. The predicted molar refractivity (Wildman–Crippen MR) is 133 cm³/mol. The van der Waals surface area contributed by atoms with E-state index >= 15 is 0 Å². The lowest BCUT2D eigenvalue weighted by atomic mass is 9.70. The van der Waals surface area contributed by atoms with E-state index in [2.05, 4.69) is 37.3 Å². The number of rotatable bonds is 7. The van der Waals surface area contributed by atoms with Gasteiger partial charge < -0.3 is 19.7 Å². The number of aryl methyl sites for hydroxylation is 3. The lowest BCUT2D eigenvalue weighted by Gasteiger charge is -2.33. The monoisotopic (exact) mass is 438 g/mol. The molecule has 1 unspecified atom stereocenters. The van der Waals surface area contributed by atoms with Gasteiger partial charge in [0.05, 0.1) is 0 Å². The summed E-state index contributed by atoms with van der Waals surface area (Å²) in [7, 11) is 0. The first-order valence-electron chi connectivity index (χ1n) is 10.7. The normalized spacial score (nSPS) is 12.0. The Labute approximate surface area is 193 Å². The summed E-state index contributed by atoms with van der Waals surface area (Å²) >= 11 is 0. The highest BCUT2D eigenvalue weighted by molar-refractivity contribution is 5.55. The maximum Gasteiger partial charge on any atom is 0.186 e. The Balaban J connectivity index is 0.00000166. The van der Waals surface area contributed by atoms with Crippen LogP contribution in [-0.4, -0.2) is 23.8 Å². The van der Waals surface area contributed by atoms with E-state index in [-0.39, 0.29) is 21.0 Å². The molecule has 3 aromatic rings. The molecule has 0 aliphatic carbocycles. The van der Waals surface area contributed by atoms with Gasteiger partial charge in [0.2, 0.25) is 0 Å². The standard InChI is InChI=1S/C25H28O4.C2H6.CH4/c1-17-12-21(10-11-23(17)28-15-26)25(4,20-8-6-5-7-9-20)22-13-18(2)24(29-16-27)19(3)14-22;1-2;/h5-14,26-27H,15-16H2,1-4H3;1-2H3;1H4. The molecular weight excluding hydrogens is 400 g/mol. The van der Waals surface area contributed by atoms with Crippen LogP contribution in [0.2, 0.25) is 0 Å². The molecule has 0 saturated carbocycles. The van der Waals surface area contributed by atoms with Crippen LogP contribution in [-0.2, 0) is 5.41 Å². The molecule has 3 aromatic carbocycles. The van der Waals surface area contributed by atoms with Crippen molar-refractivity contribution >= 4 is 0 Å². The lowest BCUT2D eigenvalue weighted by Crippen LogP contribution is -2.26. The van der Waals surface area contributed by atoms with Gasteiger partial charge in [-0.2, -0.15) is 0 Å². The Kier molecular flexibility index (Phi) is 10.4. The van der Waals surface area contributed by atoms with Crippen LogP contribution < -0.4 is 9.47 Å². The van der Waals surface area contributed by atoms with Gasteiger partial charge in [-0.25, -0.2) is 0 Å². The first-order valence-corrected chi connectivity index (χ1v) is 10.7. The topological polar surface area (TPSA) is 58.9 Å². The fourth-order valence-electron chi connectivity index (χ4n) is 3.99. The molecule has 0 heterocycles. The van der Waals surface area contributed by atoms with Crippen LogP contribution in [0.4, 0.5) is 0 Å². The molecule has 0 radical (unpaired) electrons. The first kappa shape index (κ1) is 27.2. The van der Waals surface area contributed by atoms with E-state index in [4.69, 9.17) is 14.6 Å². The highest BCUT2D eigenvalue weighted by Gasteiger charge is 2.32. The summed E-state index contributed by atoms with van der Waals surface area (Å²) in [5.74, 6) is 1.39. The van der Waals surface area contributed by atoms with E-state index in [0.717, 1.165) is 33.6 Å². The molecule has 3 rings (SSSR count). The van der Waals surface area contributed by atoms with Gasteiger partial charge in [-0.1, -0.05) is 75.9 Å². The molecule has 0 bridgehead atoms.